The molecule has 0 saturated heterocycles. The van der Waals surface area contributed by atoms with Crippen molar-refractivity contribution in [2.75, 3.05) is 0 Å². The summed E-state index contributed by atoms with van der Waals surface area (Å²) in [5.74, 6) is 0.376. The molecule has 0 radical (unpaired) electrons. The van der Waals surface area contributed by atoms with Gasteiger partial charge in [-0.25, -0.2) is 9.18 Å². The molecule has 1 aromatic carbocycles. The number of aryl methyl sites for hydroxylation is 1. The minimum Gasteiger partial charge on any atom is -0.464 e. The lowest BCUT2D eigenvalue weighted by Crippen LogP contribution is -2.09. The zero-order valence-corrected chi connectivity index (χ0v) is 12.3. The second-order valence-corrected chi connectivity index (χ2v) is 5.09. The Morgan fingerprint density at radius 1 is 1.30 bits per heavy atom. The fourth-order valence-electron chi connectivity index (χ4n) is 2.49. The second kappa shape index (κ2) is 6.00. The van der Waals surface area contributed by atoms with Gasteiger partial charge in [0.15, 0.2) is 0 Å². The molecule has 3 aromatic rings. The predicted molar refractivity (Wildman–Crippen MR) is 81.0 cm³/mol. The van der Waals surface area contributed by atoms with Gasteiger partial charge in [0.05, 0.1) is 18.4 Å². The first-order valence-electron chi connectivity index (χ1n) is 6.93. The SMILES string of the molecule is Cc1cn(Cc2ccc(F)cc2)c(OC(=O)O)c1-c1ccco1. The third kappa shape index (κ3) is 3.11. The van der Waals surface area contributed by atoms with Crippen molar-refractivity contribution in [1.82, 2.24) is 4.57 Å². The van der Waals surface area contributed by atoms with Gasteiger partial charge in [0.25, 0.3) is 0 Å². The zero-order valence-electron chi connectivity index (χ0n) is 12.3. The van der Waals surface area contributed by atoms with E-state index in [1.807, 2.05) is 6.92 Å². The fourth-order valence-corrected chi connectivity index (χ4v) is 2.49. The number of hydrogen-bond donors (Lipinski definition) is 1. The molecule has 0 atom stereocenters. The maximum Gasteiger partial charge on any atom is 0.512 e. The molecule has 23 heavy (non-hydrogen) atoms. The molecule has 0 spiro atoms. The summed E-state index contributed by atoms with van der Waals surface area (Å²) in [5, 5.41) is 9.01. The summed E-state index contributed by atoms with van der Waals surface area (Å²) < 4.78 is 25.0. The Morgan fingerprint density at radius 2 is 2.04 bits per heavy atom. The topological polar surface area (TPSA) is 64.6 Å². The number of rotatable bonds is 4. The van der Waals surface area contributed by atoms with E-state index in [0.717, 1.165) is 11.1 Å². The van der Waals surface area contributed by atoms with E-state index in [4.69, 9.17) is 14.3 Å². The molecule has 0 fully saturated rings. The molecule has 0 unspecified atom stereocenters. The lowest BCUT2D eigenvalue weighted by Gasteiger charge is -2.09. The number of hydrogen-bond acceptors (Lipinski definition) is 3. The fraction of sp³-hybridized carbons (Fsp3) is 0.118. The normalized spacial score (nSPS) is 10.7. The summed E-state index contributed by atoms with van der Waals surface area (Å²) in [6.07, 6.45) is 1.88. The van der Waals surface area contributed by atoms with Crippen LogP contribution in [0.5, 0.6) is 5.88 Å². The van der Waals surface area contributed by atoms with E-state index in [9.17, 15) is 9.18 Å². The van der Waals surface area contributed by atoms with E-state index in [1.54, 1.807) is 35.0 Å². The zero-order chi connectivity index (χ0) is 16.4. The van der Waals surface area contributed by atoms with Crippen LogP contribution >= 0.6 is 0 Å². The van der Waals surface area contributed by atoms with Gasteiger partial charge in [0.1, 0.15) is 11.6 Å². The Hall–Kier alpha value is -3.02. The van der Waals surface area contributed by atoms with E-state index in [0.29, 0.717) is 17.9 Å². The summed E-state index contributed by atoms with van der Waals surface area (Å²) >= 11 is 0. The van der Waals surface area contributed by atoms with Crippen molar-refractivity contribution in [3.63, 3.8) is 0 Å². The van der Waals surface area contributed by atoms with Crippen molar-refractivity contribution in [3.8, 4) is 17.2 Å². The van der Waals surface area contributed by atoms with Crippen LogP contribution in [0.4, 0.5) is 9.18 Å². The smallest absolute Gasteiger partial charge is 0.464 e. The lowest BCUT2D eigenvalue weighted by molar-refractivity contribution is 0.141. The molecule has 118 valence electrons. The molecule has 6 heteroatoms. The van der Waals surface area contributed by atoms with Crippen molar-refractivity contribution in [1.29, 1.82) is 0 Å². The molecule has 3 rings (SSSR count). The molecule has 0 aliphatic heterocycles. The van der Waals surface area contributed by atoms with Gasteiger partial charge >= 0.3 is 6.16 Å². The van der Waals surface area contributed by atoms with Crippen molar-refractivity contribution in [3.05, 3.63) is 65.8 Å². The highest BCUT2D eigenvalue weighted by molar-refractivity contribution is 5.73. The van der Waals surface area contributed by atoms with Crippen molar-refractivity contribution in [2.45, 2.75) is 13.5 Å². The van der Waals surface area contributed by atoms with Gasteiger partial charge in [0.2, 0.25) is 5.88 Å². The Bertz CT molecular complexity index is 819. The molecule has 0 aliphatic carbocycles. The van der Waals surface area contributed by atoms with E-state index in [-0.39, 0.29) is 11.7 Å². The first-order chi connectivity index (χ1) is 11.0. The van der Waals surface area contributed by atoms with Gasteiger partial charge in [-0.2, -0.15) is 0 Å². The number of carboxylic acid groups (broad SMARTS) is 1. The molecule has 0 saturated carbocycles. The van der Waals surface area contributed by atoms with Crippen LogP contribution in [-0.2, 0) is 6.54 Å². The predicted octanol–water partition coefficient (Wildman–Crippen LogP) is 4.30. The number of carbonyl (C=O) groups is 1. The Balaban J connectivity index is 2.04. The minimum absolute atomic E-state index is 0.175. The van der Waals surface area contributed by atoms with E-state index in [1.165, 1.54) is 18.4 Å². The van der Waals surface area contributed by atoms with E-state index >= 15 is 0 Å². The molecule has 0 bridgehead atoms. The van der Waals surface area contributed by atoms with Crippen LogP contribution in [0.3, 0.4) is 0 Å². The van der Waals surface area contributed by atoms with Crippen molar-refractivity contribution >= 4 is 6.16 Å². The van der Waals surface area contributed by atoms with Gasteiger partial charge in [-0.15, -0.1) is 0 Å². The highest BCUT2D eigenvalue weighted by atomic mass is 19.1. The summed E-state index contributed by atoms with van der Waals surface area (Å²) in [6, 6.07) is 9.45. The lowest BCUT2D eigenvalue weighted by atomic mass is 10.1. The molecule has 2 heterocycles. The number of benzene rings is 1. The Labute approximate surface area is 131 Å². The van der Waals surface area contributed by atoms with Gasteiger partial charge < -0.3 is 18.8 Å². The van der Waals surface area contributed by atoms with Crippen LogP contribution < -0.4 is 4.74 Å². The largest absolute Gasteiger partial charge is 0.512 e. The minimum atomic E-state index is -1.41. The first kappa shape index (κ1) is 14.9. The highest BCUT2D eigenvalue weighted by Crippen LogP contribution is 2.36. The third-order valence-electron chi connectivity index (χ3n) is 3.44. The number of aromatic nitrogens is 1. The van der Waals surface area contributed by atoms with Crippen molar-refractivity contribution in [2.24, 2.45) is 0 Å². The maximum atomic E-state index is 13.0. The van der Waals surface area contributed by atoms with Crippen LogP contribution in [-0.4, -0.2) is 15.8 Å². The number of ether oxygens (including phenoxy) is 1. The average Bonchev–Trinajstić information content (AvgIpc) is 3.10. The van der Waals surface area contributed by atoms with Gasteiger partial charge in [-0.3, -0.25) is 0 Å². The van der Waals surface area contributed by atoms with E-state index < -0.39 is 6.16 Å². The van der Waals surface area contributed by atoms with Gasteiger partial charge in [0, 0.05) is 6.20 Å². The maximum absolute atomic E-state index is 13.0. The Morgan fingerprint density at radius 3 is 2.65 bits per heavy atom. The van der Waals surface area contributed by atoms with Crippen LogP contribution in [0.2, 0.25) is 0 Å². The summed E-state index contributed by atoms with van der Waals surface area (Å²) in [5.41, 5.74) is 2.22. The van der Waals surface area contributed by atoms with Crippen LogP contribution in [0, 0.1) is 12.7 Å². The van der Waals surface area contributed by atoms with E-state index in [2.05, 4.69) is 0 Å². The Kier molecular flexibility index (Phi) is 3.89. The average molecular weight is 315 g/mol. The molecule has 0 amide bonds. The van der Waals surface area contributed by atoms with Crippen LogP contribution in [0.15, 0.2) is 53.3 Å². The van der Waals surface area contributed by atoms with Gasteiger partial charge in [-0.05, 0) is 42.3 Å². The van der Waals surface area contributed by atoms with Crippen LogP contribution in [0.25, 0.3) is 11.3 Å². The monoisotopic (exact) mass is 315 g/mol. The molecule has 0 aliphatic rings. The summed E-state index contributed by atoms with van der Waals surface area (Å²) in [4.78, 5) is 11.0. The molecule has 5 nitrogen and oxygen atoms in total. The number of nitrogens with zero attached hydrogens (tertiary/aromatic N) is 1. The molecule has 2 aromatic heterocycles. The van der Waals surface area contributed by atoms with Crippen LogP contribution in [0.1, 0.15) is 11.1 Å². The number of halogens is 1. The third-order valence-corrected chi connectivity index (χ3v) is 3.44. The summed E-state index contributed by atoms with van der Waals surface area (Å²) in [7, 11) is 0. The standard InChI is InChI=1S/C17H14FNO4/c1-11-9-19(10-12-4-6-13(18)7-5-12)16(23-17(20)21)15(11)14-3-2-8-22-14/h2-9H,10H2,1H3,(H,20,21). The molecule has 1 N–H and O–H groups in total. The summed E-state index contributed by atoms with van der Waals surface area (Å²) in [6.45, 7) is 2.19. The molecular weight excluding hydrogens is 301 g/mol. The quantitative estimate of drug-likeness (QED) is 0.729. The second-order valence-electron chi connectivity index (χ2n) is 5.09. The van der Waals surface area contributed by atoms with Crippen molar-refractivity contribution < 1.29 is 23.4 Å². The number of furan rings is 1. The molecular formula is C17H14FNO4. The van der Waals surface area contributed by atoms with Gasteiger partial charge in [-0.1, -0.05) is 12.1 Å². The highest BCUT2D eigenvalue weighted by Gasteiger charge is 2.21. The first-order valence-corrected chi connectivity index (χ1v) is 6.93.